The van der Waals surface area contributed by atoms with E-state index in [1.165, 1.54) is 6.08 Å². The number of amides is 1. The molecule has 0 aromatic rings. The van der Waals surface area contributed by atoms with E-state index in [4.69, 9.17) is 9.47 Å². The van der Waals surface area contributed by atoms with Crippen LogP contribution in [0.4, 0.5) is 4.79 Å². The molecule has 0 aliphatic heterocycles. The van der Waals surface area contributed by atoms with Gasteiger partial charge in [0.2, 0.25) is 11.6 Å². The molecule has 6 nitrogen and oxygen atoms in total. The van der Waals surface area contributed by atoms with Crippen LogP contribution < -0.4 is 5.32 Å². The van der Waals surface area contributed by atoms with Gasteiger partial charge in [-0.2, -0.15) is 0 Å². The van der Waals surface area contributed by atoms with Crippen molar-refractivity contribution in [1.82, 2.24) is 5.32 Å². The number of nitrogens with one attached hydrogen (secondary N) is 1. The van der Waals surface area contributed by atoms with Crippen LogP contribution >= 0.6 is 15.9 Å². The van der Waals surface area contributed by atoms with Gasteiger partial charge in [0.15, 0.2) is 0 Å². The van der Waals surface area contributed by atoms with Crippen LogP contribution in [0.1, 0.15) is 27.2 Å². The van der Waals surface area contributed by atoms with Crippen LogP contribution in [-0.2, 0) is 19.1 Å². The number of ether oxygens (including phenoxy) is 2. The molecule has 0 heterocycles. The molecule has 23 heavy (non-hydrogen) atoms. The van der Waals surface area contributed by atoms with Crippen molar-refractivity contribution in [2.24, 2.45) is 0 Å². The zero-order chi connectivity index (χ0) is 17.6. The van der Waals surface area contributed by atoms with E-state index in [1.807, 2.05) is 0 Å². The Morgan fingerprint density at radius 3 is 2.61 bits per heavy atom. The number of carbonyl (C=O) groups excluding carboxylic acids is 3. The average molecular weight is 386 g/mol. The minimum Gasteiger partial charge on any atom is -0.489 e. The van der Waals surface area contributed by atoms with Gasteiger partial charge in [-0.05, 0) is 43.1 Å². The second kappa shape index (κ2) is 8.10. The summed E-state index contributed by atoms with van der Waals surface area (Å²) in [6.45, 7) is 9.27. The fraction of sp³-hybridized carbons (Fsp3) is 0.438. The van der Waals surface area contributed by atoms with Crippen molar-refractivity contribution in [3.8, 4) is 0 Å². The lowest BCUT2D eigenvalue weighted by atomic mass is 10.0. The lowest BCUT2D eigenvalue weighted by Crippen LogP contribution is -2.33. The predicted molar refractivity (Wildman–Crippen MR) is 89.1 cm³/mol. The molecular formula is C16H20BrNO5. The van der Waals surface area contributed by atoms with Gasteiger partial charge in [0.25, 0.3) is 0 Å². The second-order valence-electron chi connectivity index (χ2n) is 5.77. The molecule has 0 saturated carbocycles. The van der Waals surface area contributed by atoms with Crippen LogP contribution in [0.25, 0.3) is 0 Å². The number of alkyl carbamates (subject to hydrolysis) is 1. The van der Waals surface area contributed by atoms with Crippen molar-refractivity contribution in [2.45, 2.75) is 32.8 Å². The fourth-order valence-corrected chi connectivity index (χ4v) is 2.33. The molecule has 7 heteroatoms. The molecule has 1 amide bonds. The Morgan fingerprint density at radius 1 is 1.39 bits per heavy atom. The molecule has 0 spiro atoms. The number of hydrogen-bond acceptors (Lipinski definition) is 5. The standard InChI is InChI=1S/C16H20BrNO5/c1-5-8-22-12-9-11(19)14(20)13(17)10(12)6-7-18-15(21)23-16(2,3)4/h5,9H,1,6-8H2,2-4H3,(H,18,21). The molecule has 1 N–H and O–H groups in total. The summed E-state index contributed by atoms with van der Waals surface area (Å²) in [6.07, 6.45) is 2.44. The van der Waals surface area contributed by atoms with Gasteiger partial charge in [-0.3, -0.25) is 9.59 Å². The van der Waals surface area contributed by atoms with Crippen molar-refractivity contribution < 1.29 is 23.9 Å². The molecule has 0 atom stereocenters. The first-order chi connectivity index (χ1) is 10.7. The summed E-state index contributed by atoms with van der Waals surface area (Å²) in [4.78, 5) is 34.9. The van der Waals surface area contributed by atoms with E-state index in [0.717, 1.165) is 6.08 Å². The zero-order valence-electron chi connectivity index (χ0n) is 13.4. The summed E-state index contributed by atoms with van der Waals surface area (Å²) in [5.74, 6) is -0.990. The number of allylic oxidation sites excluding steroid dienone is 3. The summed E-state index contributed by atoms with van der Waals surface area (Å²) in [7, 11) is 0. The van der Waals surface area contributed by atoms with Crippen LogP contribution in [0, 0.1) is 0 Å². The largest absolute Gasteiger partial charge is 0.489 e. The van der Waals surface area contributed by atoms with Crippen LogP contribution in [0.2, 0.25) is 0 Å². The first-order valence-corrected chi connectivity index (χ1v) is 7.85. The highest BCUT2D eigenvalue weighted by atomic mass is 79.9. The molecule has 126 valence electrons. The fourth-order valence-electron chi connectivity index (χ4n) is 1.74. The molecule has 1 aliphatic carbocycles. The van der Waals surface area contributed by atoms with E-state index >= 15 is 0 Å². The van der Waals surface area contributed by atoms with Crippen molar-refractivity contribution in [2.75, 3.05) is 13.2 Å². The Balaban J connectivity index is 2.72. The summed E-state index contributed by atoms with van der Waals surface area (Å²) >= 11 is 3.13. The van der Waals surface area contributed by atoms with Gasteiger partial charge in [0.05, 0.1) is 4.48 Å². The topological polar surface area (TPSA) is 81.7 Å². The normalized spacial score (nSPS) is 15.2. The van der Waals surface area contributed by atoms with E-state index in [2.05, 4.69) is 27.8 Å². The van der Waals surface area contributed by atoms with Gasteiger partial charge in [0.1, 0.15) is 18.0 Å². The maximum absolute atomic E-state index is 11.8. The van der Waals surface area contributed by atoms with Crippen LogP contribution in [0.3, 0.4) is 0 Å². The molecule has 0 aromatic heterocycles. The maximum Gasteiger partial charge on any atom is 0.407 e. The molecule has 1 aliphatic rings. The van der Waals surface area contributed by atoms with E-state index in [9.17, 15) is 14.4 Å². The van der Waals surface area contributed by atoms with E-state index in [-0.39, 0.29) is 17.6 Å². The number of halogens is 1. The van der Waals surface area contributed by atoms with E-state index in [0.29, 0.717) is 17.8 Å². The summed E-state index contributed by atoms with van der Waals surface area (Å²) in [5, 5.41) is 2.59. The number of Topliss-reactive ketones (excluding diaryl/α,β-unsaturated/α-hetero) is 1. The lowest BCUT2D eigenvalue weighted by molar-refractivity contribution is -0.131. The van der Waals surface area contributed by atoms with Gasteiger partial charge in [0, 0.05) is 18.2 Å². The highest BCUT2D eigenvalue weighted by molar-refractivity contribution is 9.12. The highest BCUT2D eigenvalue weighted by Gasteiger charge is 2.28. The zero-order valence-corrected chi connectivity index (χ0v) is 15.0. The number of hydrogen-bond donors (Lipinski definition) is 1. The smallest absolute Gasteiger partial charge is 0.407 e. The SMILES string of the molecule is C=CCOC1=CC(=O)C(=O)C(Br)=C1CCNC(=O)OC(C)(C)C. The summed E-state index contributed by atoms with van der Waals surface area (Å²) in [5.41, 5.74) is -0.0672. The number of rotatable bonds is 6. The molecule has 0 bridgehead atoms. The Hall–Kier alpha value is -1.89. The third-order valence-electron chi connectivity index (χ3n) is 2.65. The molecule has 0 saturated heterocycles. The molecule has 0 unspecified atom stereocenters. The third-order valence-corrected chi connectivity index (χ3v) is 3.49. The van der Waals surface area contributed by atoms with Crippen molar-refractivity contribution in [3.05, 3.63) is 34.5 Å². The average Bonchev–Trinajstić information content (AvgIpc) is 2.43. The molecule has 1 rings (SSSR count). The molecule has 0 fully saturated rings. The summed E-state index contributed by atoms with van der Waals surface area (Å²) < 4.78 is 10.7. The quantitative estimate of drug-likeness (QED) is 0.431. The molecule has 0 aromatic carbocycles. The number of ketones is 2. The summed E-state index contributed by atoms with van der Waals surface area (Å²) in [6, 6.07) is 0. The van der Waals surface area contributed by atoms with Crippen molar-refractivity contribution in [1.29, 1.82) is 0 Å². The lowest BCUT2D eigenvalue weighted by Gasteiger charge is -2.21. The van der Waals surface area contributed by atoms with Gasteiger partial charge < -0.3 is 14.8 Å². The van der Waals surface area contributed by atoms with Crippen LogP contribution in [0.5, 0.6) is 0 Å². The monoisotopic (exact) mass is 385 g/mol. The Morgan fingerprint density at radius 2 is 2.04 bits per heavy atom. The highest BCUT2D eigenvalue weighted by Crippen LogP contribution is 2.28. The first-order valence-electron chi connectivity index (χ1n) is 7.05. The van der Waals surface area contributed by atoms with E-state index < -0.39 is 23.3 Å². The minimum atomic E-state index is -0.653. The predicted octanol–water partition coefficient (Wildman–Crippen LogP) is 2.79. The maximum atomic E-state index is 11.8. The third kappa shape index (κ3) is 6.02. The van der Waals surface area contributed by atoms with Gasteiger partial charge >= 0.3 is 6.09 Å². The second-order valence-corrected chi connectivity index (χ2v) is 6.57. The van der Waals surface area contributed by atoms with E-state index in [1.54, 1.807) is 20.8 Å². The molecule has 0 radical (unpaired) electrons. The van der Waals surface area contributed by atoms with Gasteiger partial charge in [-0.1, -0.05) is 12.7 Å². The molecular weight excluding hydrogens is 366 g/mol. The number of carbonyl (C=O) groups is 3. The first kappa shape index (κ1) is 19.2. The Kier molecular flexibility index (Phi) is 6.75. The van der Waals surface area contributed by atoms with Crippen LogP contribution in [0.15, 0.2) is 34.5 Å². The minimum absolute atomic E-state index is 0.148. The van der Waals surface area contributed by atoms with Crippen molar-refractivity contribution in [3.63, 3.8) is 0 Å². The Labute approximate surface area is 143 Å². The van der Waals surface area contributed by atoms with Gasteiger partial charge in [-0.25, -0.2) is 4.79 Å². The van der Waals surface area contributed by atoms with Crippen LogP contribution in [-0.4, -0.2) is 36.4 Å². The van der Waals surface area contributed by atoms with Crippen molar-refractivity contribution >= 4 is 33.6 Å². The van der Waals surface area contributed by atoms with Gasteiger partial charge in [-0.15, -0.1) is 0 Å². The Bertz CT molecular complexity index is 584.